The highest BCUT2D eigenvalue weighted by Gasteiger charge is 2.24. The van der Waals surface area contributed by atoms with Crippen LogP contribution in [-0.2, 0) is 0 Å². The van der Waals surface area contributed by atoms with Gasteiger partial charge < -0.3 is 30.1 Å². The van der Waals surface area contributed by atoms with Gasteiger partial charge in [0.2, 0.25) is 0 Å². The van der Waals surface area contributed by atoms with E-state index in [4.69, 9.17) is 21.1 Å². The summed E-state index contributed by atoms with van der Waals surface area (Å²) in [7, 11) is 2.87. The van der Waals surface area contributed by atoms with Gasteiger partial charge in [-0.1, -0.05) is 11.6 Å². The summed E-state index contributed by atoms with van der Waals surface area (Å²) in [6.07, 6.45) is 1.49. The van der Waals surface area contributed by atoms with Gasteiger partial charge in [-0.25, -0.2) is 9.97 Å². The number of nitrogens with one attached hydrogen (secondary N) is 3. The molecule has 2 aromatic heterocycles. The summed E-state index contributed by atoms with van der Waals surface area (Å²) < 4.78 is 10.5. The van der Waals surface area contributed by atoms with Crippen LogP contribution in [0.3, 0.4) is 0 Å². The van der Waals surface area contributed by atoms with Crippen molar-refractivity contribution in [3.63, 3.8) is 0 Å². The molecule has 2 atom stereocenters. The lowest BCUT2D eigenvalue weighted by Crippen LogP contribution is -2.54. The van der Waals surface area contributed by atoms with Gasteiger partial charge in [0.05, 0.1) is 30.2 Å². The summed E-state index contributed by atoms with van der Waals surface area (Å²) in [4.78, 5) is 24.1. The van der Waals surface area contributed by atoms with Crippen LogP contribution in [0.15, 0.2) is 36.5 Å². The summed E-state index contributed by atoms with van der Waals surface area (Å²) in [5.41, 5.74) is 2.07. The van der Waals surface area contributed by atoms with E-state index < -0.39 is 0 Å². The molecule has 1 fully saturated rings. The molecular weight excluding hydrogens is 510 g/mol. The Hall–Kier alpha value is -4.09. The van der Waals surface area contributed by atoms with Crippen LogP contribution in [-0.4, -0.2) is 70.6 Å². The molecule has 2 unspecified atom stereocenters. The first-order valence-corrected chi connectivity index (χ1v) is 12.4. The van der Waals surface area contributed by atoms with Gasteiger partial charge >= 0.3 is 0 Å². The lowest BCUT2D eigenvalue weighted by Gasteiger charge is -2.37. The van der Waals surface area contributed by atoms with Crippen molar-refractivity contribution in [1.82, 2.24) is 25.5 Å². The van der Waals surface area contributed by atoms with E-state index in [0.717, 1.165) is 18.8 Å². The van der Waals surface area contributed by atoms with E-state index in [0.29, 0.717) is 34.4 Å². The Labute approximate surface area is 224 Å². The Morgan fingerprint density at radius 2 is 1.82 bits per heavy atom. The number of aromatic hydroxyl groups is 1. The second kappa shape index (κ2) is 10.3. The molecule has 4 aromatic rings. The van der Waals surface area contributed by atoms with Crippen molar-refractivity contribution >= 4 is 40.0 Å². The Balaban J connectivity index is 1.37. The normalized spacial score (nSPS) is 17.4. The third kappa shape index (κ3) is 4.77. The number of hydrogen-bond acceptors (Lipinski definition) is 9. The van der Waals surface area contributed by atoms with Crippen LogP contribution in [0.5, 0.6) is 17.2 Å². The first kappa shape index (κ1) is 25.6. The SMILES string of the molecule is COc1cc(OC)c(Cl)c(-c2ncc3c(NC(=O)c4ccc(N5CC(C)NC(C)C5)cc4)n[nH]c3n2)c1O. The number of hydrogen-bond donors (Lipinski definition) is 4. The van der Waals surface area contributed by atoms with Gasteiger partial charge in [0.1, 0.15) is 5.75 Å². The van der Waals surface area contributed by atoms with Gasteiger partial charge in [-0.2, -0.15) is 5.10 Å². The first-order chi connectivity index (χ1) is 18.3. The number of aromatic nitrogens is 4. The minimum absolute atomic E-state index is 0.130. The van der Waals surface area contributed by atoms with Crippen molar-refractivity contribution in [1.29, 1.82) is 0 Å². The van der Waals surface area contributed by atoms with Gasteiger partial charge in [0, 0.05) is 48.7 Å². The van der Waals surface area contributed by atoms with E-state index in [9.17, 15) is 9.90 Å². The number of rotatable bonds is 6. The predicted octanol–water partition coefficient (Wildman–Crippen LogP) is 3.84. The highest BCUT2D eigenvalue weighted by Crippen LogP contribution is 2.46. The Kier molecular flexibility index (Phi) is 6.96. The van der Waals surface area contributed by atoms with Crippen LogP contribution < -0.4 is 25.0 Å². The topological polar surface area (TPSA) is 138 Å². The summed E-state index contributed by atoms with van der Waals surface area (Å²) in [5.74, 6) is 0.335. The molecule has 198 valence electrons. The van der Waals surface area contributed by atoms with Gasteiger partial charge in [0.15, 0.2) is 28.8 Å². The quantitative estimate of drug-likeness (QED) is 0.289. The molecule has 1 saturated heterocycles. The molecule has 12 heteroatoms. The highest BCUT2D eigenvalue weighted by atomic mass is 35.5. The number of amides is 1. The fraction of sp³-hybridized carbons (Fsp3) is 0.308. The van der Waals surface area contributed by atoms with Gasteiger partial charge in [-0.15, -0.1) is 0 Å². The maximum atomic E-state index is 13.0. The largest absolute Gasteiger partial charge is 0.504 e. The number of piperazine rings is 1. The molecule has 11 nitrogen and oxygen atoms in total. The molecule has 38 heavy (non-hydrogen) atoms. The molecule has 1 aliphatic heterocycles. The van der Waals surface area contributed by atoms with Crippen molar-refractivity contribution in [3.8, 4) is 28.6 Å². The lowest BCUT2D eigenvalue weighted by molar-refractivity contribution is 0.102. The molecule has 0 spiro atoms. The number of carbonyl (C=O) groups is 1. The van der Waals surface area contributed by atoms with E-state index in [-0.39, 0.29) is 39.6 Å². The molecule has 4 N–H and O–H groups in total. The summed E-state index contributed by atoms with van der Waals surface area (Å²) in [6.45, 7) is 6.14. The zero-order valence-corrected chi connectivity index (χ0v) is 22.1. The number of halogens is 1. The predicted molar refractivity (Wildman–Crippen MR) is 146 cm³/mol. The van der Waals surface area contributed by atoms with E-state index in [2.05, 4.69) is 49.5 Å². The summed E-state index contributed by atoms with van der Waals surface area (Å²) in [6, 6.07) is 9.76. The number of benzene rings is 2. The standard InChI is InChI=1S/C26H28ClN7O4/c1-13-11-34(12-14(2)29-13)16-7-5-15(6-8-16)26(36)31-24-17-10-28-25(30-23(17)32-33-24)20-21(27)18(37-3)9-19(38-4)22(20)35/h5-10,13-14,29,35H,11-12H2,1-4H3,(H2,28,30,31,32,33,36). The monoisotopic (exact) mass is 537 g/mol. The first-order valence-electron chi connectivity index (χ1n) is 12.1. The Bertz CT molecular complexity index is 1450. The molecule has 0 bridgehead atoms. The van der Waals surface area contributed by atoms with E-state index >= 15 is 0 Å². The molecule has 2 aromatic carbocycles. The third-order valence-corrected chi connectivity index (χ3v) is 6.81. The van der Waals surface area contributed by atoms with Crippen molar-refractivity contribution in [2.45, 2.75) is 25.9 Å². The van der Waals surface area contributed by atoms with Crippen LogP contribution in [0.25, 0.3) is 22.4 Å². The second-order valence-corrected chi connectivity index (χ2v) is 9.60. The number of phenolic OH excluding ortho intramolecular Hbond substituents is 1. The number of aromatic amines is 1. The van der Waals surface area contributed by atoms with E-state index in [1.807, 2.05) is 12.1 Å². The van der Waals surface area contributed by atoms with Crippen LogP contribution >= 0.6 is 11.6 Å². The average Bonchev–Trinajstić information content (AvgIpc) is 3.30. The van der Waals surface area contributed by atoms with Gasteiger partial charge in [-0.3, -0.25) is 9.89 Å². The van der Waals surface area contributed by atoms with Gasteiger partial charge in [-0.05, 0) is 38.1 Å². The summed E-state index contributed by atoms with van der Waals surface area (Å²) in [5, 5.41) is 24.6. The number of fused-ring (bicyclic) bond motifs is 1. The zero-order valence-electron chi connectivity index (χ0n) is 21.4. The smallest absolute Gasteiger partial charge is 0.256 e. The number of ether oxygens (including phenoxy) is 2. The van der Waals surface area contributed by atoms with Crippen LogP contribution in [0.4, 0.5) is 11.5 Å². The van der Waals surface area contributed by atoms with Crippen molar-refractivity contribution < 1.29 is 19.4 Å². The molecule has 0 aliphatic carbocycles. The minimum Gasteiger partial charge on any atom is -0.504 e. The minimum atomic E-state index is -0.311. The number of anilines is 2. The number of carbonyl (C=O) groups excluding carboxylic acids is 1. The van der Waals surface area contributed by atoms with Gasteiger partial charge in [0.25, 0.3) is 5.91 Å². The van der Waals surface area contributed by atoms with E-state index in [1.165, 1.54) is 26.5 Å². The number of H-pyrrole nitrogens is 1. The fourth-order valence-electron chi connectivity index (χ4n) is 4.68. The maximum absolute atomic E-state index is 13.0. The highest BCUT2D eigenvalue weighted by molar-refractivity contribution is 6.35. The summed E-state index contributed by atoms with van der Waals surface area (Å²) >= 11 is 6.44. The number of phenols is 1. The molecule has 1 amide bonds. The zero-order chi connectivity index (χ0) is 27.0. The second-order valence-electron chi connectivity index (χ2n) is 9.22. The molecular formula is C26H28ClN7O4. The Morgan fingerprint density at radius 1 is 1.13 bits per heavy atom. The molecule has 3 heterocycles. The van der Waals surface area contributed by atoms with E-state index in [1.54, 1.807) is 12.1 Å². The van der Waals surface area contributed by atoms with Crippen molar-refractivity contribution in [3.05, 3.63) is 47.1 Å². The fourth-order valence-corrected chi connectivity index (χ4v) is 4.98. The Morgan fingerprint density at radius 3 is 2.47 bits per heavy atom. The lowest BCUT2D eigenvalue weighted by atomic mass is 10.1. The maximum Gasteiger partial charge on any atom is 0.256 e. The van der Waals surface area contributed by atoms with Crippen LogP contribution in [0, 0.1) is 0 Å². The molecule has 0 saturated carbocycles. The molecule has 5 rings (SSSR count). The van der Waals surface area contributed by atoms with Crippen molar-refractivity contribution in [2.75, 3.05) is 37.5 Å². The number of methoxy groups -OCH3 is 2. The van der Waals surface area contributed by atoms with Crippen LogP contribution in [0.1, 0.15) is 24.2 Å². The molecule has 1 aliphatic rings. The van der Waals surface area contributed by atoms with Crippen molar-refractivity contribution in [2.24, 2.45) is 0 Å². The van der Waals surface area contributed by atoms with Crippen LogP contribution in [0.2, 0.25) is 5.02 Å². The number of nitrogens with zero attached hydrogens (tertiary/aromatic N) is 4. The third-order valence-electron chi connectivity index (χ3n) is 6.43. The average molecular weight is 538 g/mol. The molecule has 0 radical (unpaired) electrons.